The Morgan fingerprint density at radius 2 is 2.17 bits per heavy atom. The van der Waals surface area contributed by atoms with Gasteiger partial charge in [-0.3, -0.25) is 4.79 Å². The molecule has 1 aromatic rings. The number of fused-ring (bicyclic) bond motifs is 1. The van der Waals surface area contributed by atoms with Crippen molar-refractivity contribution >= 4 is 37.3 Å². The third-order valence-electron chi connectivity index (χ3n) is 2.35. The fourth-order valence-electron chi connectivity index (χ4n) is 1.71. The number of ether oxygens (including phenoxy) is 2. The number of carbonyl (C=O) groups is 1. The Balaban J connectivity index is 2.55. The maximum absolute atomic E-state index is 11.4. The molecule has 0 spiro atoms. The molecule has 0 radical (unpaired) electrons. The predicted octanol–water partition coefficient (Wildman–Crippen LogP) is 2.26. The largest absolute Gasteiger partial charge is 0.487 e. The van der Waals surface area contributed by atoms with Crippen LogP contribution in [0, 0.1) is 0 Å². The molecule has 8 heteroatoms. The Morgan fingerprint density at radius 1 is 1.50 bits per heavy atom. The van der Waals surface area contributed by atoms with Crippen molar-refractivity contribution in [1.29, 1.82) is 0 Å². The Labute approximate surface area is 113 Å². The molecule has 1 aromatic carbocycles. The van der Waals surface area contributed by atoms with E-state index in [2.05, 4.69) is 0 Å². The van der Waals surface area contributed by atoms with Gasteiger partial charge in [0.05, 0.1) is 0 Å². The molecule has 0 unspecified atom stereocenters. The summed E-state index contributed by atoms with van der Waals surface area (Å²) >= 11 is 5.82. The molecule has 1 aliphatic rings. The first kappa shape index (κ1) is 13.5. The zero-order valence-corrected chi connectivity index (χ0v) is 11.5. The van der Waals surface area contributed by atoms with Crippen LogP contribution in [-0.2, 0) is 18.6 Å². The molecule has 1 aliphatic heterocycles. The lowest BCUT2D eigenvalue weighted by molar-refractivity contribution is -0.147. The number of halogens is 2. The van der Waals surface area contributed by atoms with Crippen LogP contribution in [0.1, 0.15) is 18.6 Å². The summed E-state index contributed by atoms with van der Waals surface area (Å²) in [5.41, 5.74) is 0.400. The zero-order chi connectivity index (χ0) is 13.5. The monoisotopic (exact) mass is 310 g/mol. The highest BCUT2D eigenvalue weighted by molar-refractivity contribution is 8.13. The first-order chi connectivity index (χ1) is 8.29. The van der Waals surface area contributed by atoms with E-state index in [1.807, 2.05) is 0 Å². The summed E-state index contributed by atoms with van der Waals surface area (Å²) in [6, 6.07) is 2.68. The van der Waals surface area contributed by atoms with Crippen LogP contribution in [0.4, 0.5) is 0 Å². The normalized spacial score (nSPS) is 18.1. The van der Waals surface area contributed by atoms with Crippen LogP contribution in [0.2, 0.25) is 5.02 Å². The Morgan fingerprint density at radius 3 is 2.72 bits per heavy atom. The fourth-order valence-corrected chi connectivity index (χ4v) is 3.01. The van der Waals surface area contributed by atoms with Gasteiger partial charge in [0.15, 0.2) is 6.10 Å². The number of hydrogen-bond acceptors (Lipinski definition) is 5. The van der Waals surface area contributed by atoms with Crippen molar-refractivity contribution in [3.63, 3.8) is 0 Å². The van der Waals surface area contributed by atoms with Gasteiger partial charge in [-0.1, -0.05) is 11.6 Å². The van der Waals surface area contributed by atoms with E-state index in [0.717, 1.165) is 0 Å². The van der Waals surface area contributed by atoms with Gasteiger partial charge in [0.1, 0.15) is 17.3 Å². The average molecular weight is 311 g/mol. The number of hydrogen-bond donors (Lipinski definition) is 0. The van der Waals surface area contributed by atoms with Crippen LogP contribution in [0.25, 0.3) is 0 Å². The van der Waals surface area contributed by atoms with Crippen molar-refractivity contribution < 1.29 is 22.7 Å². The molecule has 0 aliphatic carbocycles. The van der Waals surface area contributed by atoms with Crippen LogP contribution in [0.5, 0.6) is 5.75 Å². The molecule has 1 atom stereocenters. The Bertz CT molecular complexity index is 611. The van der Waals surface area contributed by atoms with Gasteiger partial charge in [-0.25, -0.2) is 8.42 Å². The summed E-state index contributed by atoms with van der Waals surface area (Å²) in [6.45, 7) is 1.29. The molecule has 0 bridgehead atoms. The zero-order valence-electron chi connectivity index (χ0n) is 9.14. The summed E-state index contributed by atoms with van der Waals surface area (Å²) in [5, 5.41) is 0.177. The smallest absolute Gasteiger partial charge is 0.303 e. The van der Waals surface area contributed by atoms with Gasteiger partial charge >= 0.3 is 5.97 Å². The maximum atomic E-state index is 11.4. The molecule has 2 rings (SSSR count). The summed E-state index contributed by atoms with van der Waals surface area (Å²) in [4.78, 5) is 10.7. The minimum absolute atomic E-state index is 0.0364. The lowest BCUT2D eigenvalue weighted by Crippen LogP contribution is -2.09. The predicted molar refractivity (Wildman–Crippen MR) is 64.5 cm³/mol. The van der Waals surface area contributed by atoms with Gasteiger partial charge in [-0.15, -0.1) is 0 Å². The quantitative estimate of drug-likeness (QED) is 0.619. The molecular formula is C10H8Cl2O5S. The minimum atomic E-state index is -3.98. The molecule has 0 saturated heterocycles. The summed E-state index contributed by atoms with van der Waals surface area (Å²) < 4.78 is 33.0. The summed E-state index contributed by atoms with van der Waals surface area (Å²) in [6.07, 6.45) is -0.673. The molecule has 0 amide bonds. The average Bonchev–Trinajstić information content (AvgIpc) is 2.58. The van der Waals surface area contributed by atoms with E-state index in [0.29, 0.717) is 5.56 Å². The van der Waals surface area contributed by atoms with Crippen molar-refractivity contribution in [2.24, 2.45) is 0 Å². The van der Waals surface area contributed by atoms with Crippen LogP contribution < -0.4 is 4.74 Å². The van der Waals surface area contributed by atoms with Crippen LogP contribution in [0.3, 0.4) is 0 Å². The number of benzene rings is 1. The van der Waals surface area contributed by atoms with Gasteiger partial charge in [-0.2, -0.15) is 0 Å². The van der Waals surface area contributed by atoms with Crippen molar-refractivity contribution in [2.75, 3.05) is 6.61 Å². The number of rotatable bonds is 2. The van der Waals surface area contributed by atoms with Gasteiger partial charge in [0, 0.05) is 28.2 Å². The molecule has 98 valence electrons. The fraction of sp³-hybridized carbons (Fsp3) is 0.300. The summed E-state index contributed by atoms with van der Waals surface area (Å²) in [5.74, 6) is -0.410. The van der Waals surface area contributed by atoms with Crippen molar-refractivity contribution in [3.8, 4) is 5.75 Å². The van der Waals surface area contributed by atoms with Gasteiger partial charge in [0.25, 0.3) is 9.05 Å². The lowest BCUT2D eigenvalue weighted by atomic mass is 10.1. The molecule has 0 saturated carbocycles. The van der Waals surface area contributed by atoms with E-state index in [1.165, 1.54) is 19.1 Å². The van der Waals surface area contributed by atoms with Gasteiger partial charge in [-0.05, 0) is 12.1 Å². The van der Waals surface area contributed by atoms with Crippen LogP contribution >= 0.6 is 22.3 Å². The lowest BCUT2D eigenvalue weighted by Gasteiger charge is -2.09. The van der Waals surface area contributed by atoms with E-state index < -0.39 is 21.1 Å². The second kappa shape index (κ2) is 4.60. The third-order valence-corrected chi connectivity index (χ3v) is 3.89. The highest BCUT2D eigenvalue weighted by Crippen LogP contribution is 2.42. The highest BCUT2D eigenvalue weighted by atomic mass is 35.7. The van der Waals surface area contributed by atoms with Crippen molar-refractivity contribution in [1.82, 2.24) is 0 Å². The van der Waals surface area contributed by atoms with Crippen LogP contribution in [-0.4, -0.2) is 21.0 Å². The number of carbonyl (C=O) groups excluding carboxylic acids is 1. The van der Waals surface area contributed by atoms with Crippen molar-refractivity contribution in [2.45, 2.75) is 17.9 Å². The van der Waals surface area contributed by atoms with E-state index >= 15 is 0 Å². The first-order valence-corrected chi connectivity index (χ1v) is 7.56. The van der Waals surface area contributed by atoms with Gasteiger partial charge < -0.3 is 9.47 Å². The highest BCUT2D eigenvalue weighted by Gasteiger charge is 2.33. The molecule has 18 heavy (non-hydrogen) atoms. The van der Waals surface area contributed by atoms with Crippen LogP contribution in [0.15, 0.2) is 17.0 Å². The molecule has 0 fully saturated rings. The molecule has 0 N–H and O–H groups in total. The Kier molecular flexibility index (Phi) is 3.44. The molecule has 1 heterocycles. The van der Waals surface area contributed by atoms with Gasteiger partial charge in [0.2, 0.25) is 0 Å². The van der Waals surface area contributed by atoms with E-state index in [1.54, 1.807) is 0 Å². The number of esters is 1. The molecule has 0 aromatic heterocycles. The topological polar surface area (TPSA) is 69.7 Å². The standard InChI is InChI=1S/C10H8Cl2O5S/c1-5(13)17-8-4-16-10-7(8)2-6(11)3-9(10)18(12,14)15/h2-3,8H,4H2,1H3/t8-/m1/s1. The van der Waals surface area contributed by atoms with E-state index in [4.69, 9.17) is 31.8 Å². The van der Waals surface area contributed by atoms with E-state index in [-0.39, 0.29) is 22.3 Å². The second-order valence-electron chi connectivity index (χ2n) is 3.67. The maximum Gasteiger partial charge on any atom is 0.303 e. The Hall–Kier alpha value is -0.980. The third kappa shape index (κ3) is 2.55. The molecule has 5 nitrogen and oxygen atoms in total. The SMILES string of the molecule is CC(=O)O[C@@H]1COc2c1cc(Cl)cc2S(=O)(=O)Cl. The minimum Gasteiger partial charge on any atom is -0.487 e. The first-order valence-electron chi connectivity index (χ1n) is 4.87. The summed E-state index contributed by atoms with van der Waals surface area (Å²) in [7, 11) is 1.31. The van der Waals surface area contributed by atoms with Crippen molar-refractivity contribution in [3.05, 3.63) is 22.7 Å². The molecular weight excluding hydrogens is 303 g/mol. The second-order valence-corrected chi connectivity index (χ2v) is 6.64. The van der Waals surface area contributed by atoms with E-state index in [9.17, 15) is 13.2 Å².